The van der Waals surface area contributed by atoms with Gasteiger partial charge in [0.1, 0.15) is 0 Å². The maximum atomic E-state index is 12.3. The van der Waals surface area contributed by atoms with Crippen molar-refractivity contribution in [2.45, 2.75) is 0 Å². The zero-order valence-electron chi connectivity index (χ0n) is 11.3. The average Bonchev–Trinajstić information content (AvgIpc) is 2.97. The van der Waals surface area contributed by atoms with Gasteiger partial charge in [-0.3, -0.25) is 4.79 Å². The summed E-state index contributed by atoms with van der Waals surface area (Å²) in [7, 11) is 0. The van der Waals surface area contributed by atoms with E-state index in [9.17, 15) is 4.79 Å². The molecule has 0 saturated carbocycles. The summed E-state index contributed by atoms with van der Waals surface area (Å²) in [5.74, 6) is 0.00908. The number of anilines is 1. The van der Waals surface area contributed by atoms with E-state index in [-0.39, 0.29) is 12.3 Å². The minimum atomic E-state index is 0.00908. The van der Waals surface area contributed by atoms with Gasteiger partial charge in [-0.15, -0.1) is 0 Å². The van der Waals surface area contributed by atoms with Crippen LogP contribution in [0, 0.1) is 11.3 Å². The lowest BCUT2D eigenvalue weighted by molar-refractivity contribution is 0.101. The fourth-order valence-corrected chi connectivity index (χ4v) is 2.28. The molecule has 1 aromatic heterocycles. The zero-order valence-corrected chi connectivity index (χ0v) is 11.3. The molecule has 0 amide bonds. The summed E-state index contributed by atoms with van der Waals surface area (Å²) in [5, 5.41) is 12.8. The van der Waals surface area contributed by atoms with Gasteiger partial charge >= 0.3 is 0 Å². The van der Waals surface area contributed by atoms with E-state index < -0.39 is 0 Å². The Morgan fingerprint density at radius 2 is 2.05 bits per heavy atom. The van der Waals surface area contributed by atoms with Crippen LogP contribution in [0.5, 0.6) is 0 Å². The van der Waals surface area contributed by atoms with Crippen molar-refractivity contribution < 1.29 is 4.79 Å². The van der Waals surface area contributed by atoms with E-state index >= 15 is 0 Å². The molecule has 21 heavy (non-hydrogen) atoms. The molecule has 4 nitrogen and oxygen atoms in total. The number of ketones is 1. The lowest BCUT2D eigenvalue weighted by atomic mass is 10.1. The number of nitriles is 1. The number of nitrogens with zero attached hydrogens (tertiary/aromatic N) is 1. The van der Waals surface area contributed by atoms with Crippen molar-refractivity contribution in [3.8, 4) is 6.07 Å². The summed E-state index contributed by atoms with van der Waals surface area (Å²) in [5.41, 5.74) is 2.96. The highest BCUT2D eigenvalue weighted by Crippen LogP contribution is 2.18. The first-order valence-corrected chi connectivity index (χ1v) is 6.61. The Labute approximate surface area is 122 Å². The first-order valence-electron chi connectivity index (χ1n) is 6.61. The molecule has 2 N–H and O–H groups in total. The number of fused-ring (bicyclic) bond motifs is 1. The molecule has 0 radical (unpaired) electrons. The lowest BCUT2D eigenvalue weighted by Gasteiger charge is -2.05. The number of carbonyl (C=O) groups excluding carboxylic acids is 1. The van der Waals surface area contributed by atoms with Gasteiger partial charge in [-0.25, -0.2) is 0 Å². The van der Waals surface area contributed by atoms with Crippen LogP contribution in [0.4, 0.5) is 5.69 Å². The number of H-pyrrole nitrogens is 1. The van der Waals surface area contributed by atoms with E-state index in [0.29, 0.717) is 11.1 Å². The van der Waals surface area contributed by atoms with Crippen molar-refractivity contribution in [3.05, 3.63) is 65.9 Å². The molecule has 3 aromatic rings. The van der Waals surface area contributed by atoms with E-state index in [1.807, 2.05) is 30.3 Å². The van der Waals surface area contributed by atoms with Crippen molar-refractivity contribution in [1.29, 1.82) is 5.26 Å². The molecule has 0 aliphatic carbocycles. The van der Waals surface area contributed by atoms with Crippen LogP contribution < -0.4 is 5.32 Å². The molecule has 0 aliphatic heterocycles. The Bertz CT molecular complexity index is 842. The summed E-state index contributed by atoms with van der Waals surface area (Å²) in [6.45, 7) is 0.191. The Morgan fingerprint density at radius 1 is 1.19 bits per heavy atom. The van der Waals surface area contributed by atoms with E-state index in [1.165, 1.54) is 0 Å². The van der Waals surface area contributed by atoms with Crippen LogP contribution in [-0.4, -0.2) is 17.3 Å². The highest BCUT2D eigenvalue weighted by molar-refractivity contribution is 6.09. The molecule has 0 spiro atoms. The number of Topliss-reactive ketones (excluding diaryl/α,β-unsaturated/α-hetero) is 1. The van der Waals surface area contributed by atoms with Crippen LogP contribution >= 0.6 is 0 Å². The van der Waals surface area contributed by atoms with E-state index in [4.69, 9.17) is 5.26 Å². The second kappa shape index (κ2) is 5.51. The number of hydrogen-bond donors (Lipinski definition) is 2. The molecule has 4 heteroatoms. The van der Waals surface area contributed by atoms with Crippen molar-refractivity contribution >= 4 is 22.4 Å². The number of aromatic nitrogens is 1. The van der Waals surface area contributed by atoms with E-state index in [0.717, 1.165) is 16.6 Å². The number of carbonyl (C=O) groups is 1. The molecule has 0 saturated heterocycles. The third-order valence-corrected chi connectivity index (χ3v) is 3.33. The Kier molecular flexibility index (Phi) is 3.40. The lowest BCUT2D eigenvalue weighted by Crippen LogP contribution is -2.13. The van der Waals surface area contributed by atoms with Crippen LogP contribution in [0.3, 0.4) is 0 Å². The maximum Gasteiger partial charge on any atom is 0.183 e. The second-order valence-electron chi connectivity index (χ2n) is 4.72. The highest BCUT2D eigenvalue weighted by atomic mass is 16.1. The van der Waals surface area contributed by atoms with Crippen LogP contribution in [0.25, 0.3) is 10.9 Å². The fraction of sp³-hybridized carbons (Fsp3) is 0.0588. The van der Waals surface area contributed by atoms with Gasteiger partial charge in [-0.1, -0.05) is 24.3 Å². The van der Waals surface area contributed by atoms with Gasteiger partial charge in [-0.2, -0.15) is 5.26 Å². The van der Waals surface area contributed by atoms with Crippen LogP contribution in [0.1, 0.15) is 15.9 Å². The van der Waals surface area contributed by atoms with Crippen LogP contribution in [0.2, 0.25) is 0 Å². The maximum absolute atomic E-state index is 12.3. The van der Waals surface area contributed by atoms with Gasteiger partial charge in [0.2, 0.25) is 0 Å². The minimum Gasteiger partial charge on any atom is -0.378 e. The molecule has 2 aromatic carbocycles. The van der Waals surface area contributed by atoms with Gasteiger partial charge in [0.05, 0.1) is 18.2 Å². The molecular formula is C17H13N3O. The average molecular weight is 275 g/mol. The molecule has 1 heterocycles. The Hall–Kier alpha value is -3.06. The summed E-state index contributed by atoms with van der Waals surface area (Å²) < 4.78 is 0. The quantitative estimate of drug-likeness (QED) is 0.717. The van der Waals surface area contributed by atoms with Crippen molar-refractivity contribution in [1.82, 2.24) is 4.98 Å². The molecular weight excluding hydrogens is 262 g/mol. The number of para-hydroxylation sites is 1. The predicted molar refractivity (Wildman–Crippen MR) is 82.3 cm³/mol. The monoisotopic (exact) mass is 275 g/mol. The number of nitrogens with one attached hydrogen (secondary N) is 2. The minimum absolute atomic E-state index is 0.00908. The summed E-state index contributed by atoms with van der Waals surface area (Å²) in [4.78, 5) is 15.4. The molecule has 102 valence electrons. The Balaban J connectivity index is 1.76. The molecule has 3 rings (SSSR count). The number of aromatic amines is 1. The van der Waals surface area contributed by atoms with E-state index in [2.05, 4.69) is 16.4 Å². The normalized spacial score (nSPS) is 10.2. The molecule has 0 fully saturated rings. The first-order chi connectivity index (χ1) is 10.3. The van der Waals surface area contributed by atoms with Gasteiger partial charge in [0, 0.05) is 28.4 Å². The number of hydrogen-bond acceptors (Lipinski definition) is 3. The van der Waals surface area contributed by atoms with Gasteiger partial charge in [0.15, 0.2) is 5.78 Å². The molecule has 0 atom stereocenters. The van der Waals surface area contributed by atoms with Crippen molar-refractivity contribution in [2.75, 3.05) is 11.9 Å². The van der Waals surface area contributed by atoms with Crippen LogP contribution in [0.15, 0.2) is 54.7 Å². The van der Waals surface area contributed by atoms with Gasteiger partial charge in [0.25, 0.3) is 0 Å². The number of benzene rings is 2. The SMILES string of the molecule is N#Cc1cccc(NCC(=O)c2c[nH]c3ccccc23)c1. The Morgan fingerprint density at radius 3 is 2.90 bits per heavy atom. The van der Waals surface area contributed by atoms with Crippen molar-refractivity contribution in [2.24, 2.45) is 0 Å². The topological polar surface area (TPSA) is 68.7 Å². The van der Waals surface area contributed by atoms with Gasteiger partial charge < -0.3 is 10.3 Å². The zero-order chi connectivity index (χ0) is 14.7. The largest absolute Gasteiger partial charge is 0.378 e. The first kappa shape index (κ1) is 12.9. The predicted octanol–water partition coefficient (Wildman–Crippen LogP) is 3.33. The molecule has 0 bridgehead atoms. The van der Waals surface area contributed by atoms with E-state index in [1.54, 1.807) is 24.4 Å². The molecule has 0 aliphatic rings. The third kappa shape index (κ3) is 2.63. The summed E-state index contributed by atoms with van der Waals surface area (Å²) >= 11 is 0. The smallest absolute Gasteiger partial charge is 0.183 e. The fourth-order valence-electron chi connectivity index (χ4n) is 2.28. The van der Waals surface area contributed by atoms with Crippen molar-refractivity contribution in [3.63, 3.8) is 0 Å². The third-order valence-electron chi connectivity index (χ3n) is 3.33. The highest BCUT2D eigenvalue weighted by Gasteiger charge is 2.11. The standard InChI is InChI=1S/C17H13N3O/c18-9-12-4-3-5-13(8-12)19-11-17(21)15-10-20-16-7-2-1-6-14(15)16/h1-8,10,19-20H,11H2. The summed E-state index contributed by atoms with van der Waals surface area (Å²) in [6, 6.07) is 16.9. The molecule has 0 unspecified atom stereocenters. The number of rotatable bonds is 4. The summed E-state index contributed by atoms with van der Waals surface area (Å²) in [6.07, 6.45) is 1.74. The second-order valence-corrected chi connectivity index (χ2v) is 4.72. The van der Waals surface area contributed by atoms with Gasteiger partial charge in [-0.05, 0) is 24.3 Å². The van der Waals surface area contributed by atoms with Crippen LogP contribution in [-0.2, 0) is 0 Å².